The number of hydrogen-bond acceptors (Lipinski definition) is 14. The van der Waals surface area contributed by atoms with Crippen molar-refractivity contribution in [3.05, 3.63) is 82.9 Å². The Morgan fingerprint density at radius 2 is 1.57 bits per heavy atom. The zero-order valence-electron chi connectivity index (χ0n) is 33.7. The van der Waals surface area contributed by atoms with Crippen LogP contribution in [0.15, 0.2) is 71.8 Å². The van der Waals surface area contributed by atoms with Crippen molar-refractivity contribution < 1.29 is 67.7 Å². The lowest BCUT2D eigenvalue weighted by Crippen LogP contribution is -2.81. The molecule has 5 aliphatic rings. The zero-order chi connectivity index (χ0) is 42.3. The molecule has 2 aliphatic heterocycles. The Morgan fingerprint density at radius 1 is 0.948 bits per heavy atom. The fourth-order valence-corrected chi connectivity index (χ4v) is 9.95. The molecule has 1 amide bonds. The Bertz CT molecular complexity index is 2030. The molecule has 4 N–H and O–H groups in total. The normalized spacial score (nSPS) is 35.5. The van der Waals surface area contributed by atoms with Gasteiger partial charge in [0.25, 0.3) is 0 Å². The van der Waals surface area contributed by atoms with E-state index in [9.17, 15) is 34.5 Å². The lowest BCUT2D eigenvalue weighted by atomic mass is 9.45. The molecular formula is C43H51NO14. The maximum atomic E-state index is 15.1. The van der Waals surface area contributed by atoms with Gasteiger partial charge in [0.2, 0.25) is 0 Å². The number of rotatable bonds is 8. The third-order valence-electron chi connectivity index (χ3n) is 12.8. The first-order chi connectivity index (χ1) is 27.1. The summed E-state index contributed by atoms with van der Waals surface area (Å²) in [6.07, 6.45) is -10.9. The van der Waals surface area contributed by atoms with E-state index in [1.807, 2.05) is 0 Å². The fraction of sp³-hybridized carbons (Fsp3) is 0.558. The number of aliphatic hydroxyl groups is 3. The zero-order valence-corrected chi connectivity index (χ0v) is 33.7. The monoisotopic (exact) mass is 805 g/mol. The van der Waals surface area contributed by atoms with Gasteiger partial charge in [-0.3, -0.25) is 9.59 Å². The molecule has 0 spiro atoms. The maximum Gasteiger partial charge on any atom is 0.408 e. The van der Waals surface area contributed by atoms with Gasteiger partial charge in [0.15, 0.2) is 17.5 Å². The van der Waals surface area contributed by atoms with E-state index < -0.39 is 119 Å². The molecular weight excluding hydrogens is 754 g/mol. The topological polar surface area (TPSA) is 217 Å². The van der Waals surface area contributed by atoms with Crippen molar-refractivity contribution in [2.24, 2.45) is 16.7 Å². The average Bonchev–Trinajstić information content (AvgIpc) is 3.93. The summed E-state index contributed by atoms with van der Waals surface area (Å²) in [7, 11) is 0. The van der Waals surface area contributed by atoms with Gasteiger partial charge in [0, 0.05) is 18.8 Å². The van der Waals surface area contributed by atoms with Crippen LogP contribution in [0.4, 0.5) is 4.79 Å². The Hall–Kier alpha value is -4.67. The number of Topliss-reactive ketones (excluding diaryl/α,β-unsaturated/α-hetero) is 1. The number of carbonyl (C=O) groups is 5. The smallest absolute Gasteiger partial charge is 0.408 e. The number of esters is 3. The van der Waals surface area contributed by atoms with Crippen LogP contribution < -0.4 is 5.32 Å². The molecule has 7 rings (SSSR count). The highest BCUT2D eigenvalue weighted by Crippen LogP contribution is 2.68. The summed E-state index contributed by atoms with van der Waals surface area (Å²) in [5.74, 6) is -4.90. The van der Waals surface area contributed by atoms with E-state index in [0.717, 1.165) is 0 Å². The molecule has 0 aromatic heterocycles. The minimum atomic E-state index is -2.28. The Morgan fingerprint density at radius 3 is 2.14 bits per heavy atom. The molecule has 2 aromatic carbocycles. The number of fused-ring (bicyclic) bond motifs is 8. The first kappa shape index (κ1) is 41.5. The van der Waals surface area contributed by atoms with Crippen molar-refractivity contribution in [2.45, 2.75) is 127 Å². The number of hydrogen-bond donors (Lipinski definition) is 4. The van der Waals surface area contributed by atoms with Crippen LogP contribution in [0.1, 0.15) is 83.8 Å². The van der Waals surface area contributed by atoms with Crippen LogP contribution in [0, 0.1) is 16.7 Å². The molecule has 2 saturated heterocycles. The number of ether oxygens (including phenoxy) is 6. The van der Waals surface area contributed by atoms with Gasteiger partial charge < -0.3 is 49.1 Å². The van der Waals surface area contributed by atoms with E-state index in [1.54, 1.807) is 97.0 Å². The number of nitrogens with one attached hydrogen (secondary N) is 1. The highest BCUT2D eigenvalue weighted by molar-refractivity contribution is 5.94. The van der Waals surface area contributed by atoms with Gasteiger partial charge in [-0.25, -0.2) is 14.4 Å². The highest BCUT2D eigenvalue weighted by atomic mass is 16.7. The second kappa shape index (κ2) is 14.3. The van der Waals surface area contributed by atoms with E-state index in [1.165, 1.54) is 19.1 Å². The van der Waals surface area contributed by atoms with Crippen molar-refractivity contribution >= 4 is 29.8 Å². The van der Waals surface area contributed by atoms with Crippen LogP contribution in [0.2, 0.25) is 0 Å². The second-order valence-corrected chi connectivity index (χ2v) is 17.8. The van der Waals surface area contributed by atoms with Gasteiger partial charge in [-0.15, -0.1) is 0 Å². The Labute approximate surface area is 336 Å². The number of epoxide rings is 1. The van der Waals surface area contributed by atoms with Gasteiger partial charge in [0.05, 0.1) is 35.6 Å². The first-order valence-corrected chi connectivity index (χ1v) is 19.4. The van der Waals surface area contributed by atoms with Crippen molar-refractivity contribution in [1.29, 1.82) is 0 Å². The van der Waals surface area contributed by atoms with Crippen molar-refractivity contribution in [2.75, 3.05) is 6.61 Å². The summed E-state index contributed by atoms with van der Waals surface area (Å²) < 4.78 is 35.9. The molecule has 15 nitrogen and oxygen atoms in total. The number of benzene rings is 2. The van der Waals surface area contributed by atoms with Crippen LogP contribution >= 0.6 is 0 Å². The molecule has 2 saturated carbocycles. The molecule has 2 bridgehead atoms. The van der Waals surface area contributed by atoms with Gasteiger partial charge in [0.1, 0.15) is 41.7 Å². The minimum absolute atomic E-state index is 0.0104. The molecule has 2 heterocycles. The standard InChI is InChI=1S/C43H51NO14/c1-21-25(54-37(50)29(47)27(23-15-11-9-12-16-23)44-38(51)58-39(3,4)5)19-43(52)35(56-36(49)24-17-13-10-14-18-24)31-41(8,32(48)28(46)26(21)40(43,6)7)33-30(55-33)34-42(31,20-53-34)57-22(2)45/h9-18,25,27-31,33-35,46-47,52H,19-20H2,1-8H3,(H,44,51)/t25-,27+,28-,29+,30?,31+,33?,34-,35-,41-,42+,43-/m1/s1. The lowest BCUT2D eigenvalue weighted by molar-refractivity contribution is -0.325. The van der Waals surface area contributed by atoms with Crippen molar-refractivity contribution in [1.82, 2.24) is 5.32 Å². The molecule has 12 atom stereocenters. The SMILES string of the molecule is CC(=O)O[C@]12CO[C@@H]1C1OC1[C@@]1(C)C(=O)[C@H](O)C3=C(C)[C@H](OC(=O)[C@@H](O)[C@@H](NC(=O)OC(C)(C)C)c4ccccc4)C[C@@](O)([C@H](OC(=O)c4ccccc4)[C@H]21)C3(C)C. The molecule has 4 fully saturated rings. The molecule has 2 unspecified atom stereocenters. The molecule has 312 valence electrons. The van der Waals surface area contributed by atoms with E-state index in [4.69, 9.17) is 28.4 Å². The van der Waals surface area contributed by atoms with E-state index in [-0.39, 0.29) is 23.3 Å². The number of alkyl carbamates (subject to hydrolysis) is 1. The van der Waals surface area contributed by atoms with Crippen molar-refractivity contribution in [3.8, 4) is 0 Å². The second-order valence-electron chi connectivity index (χ2n) is 17.8. The predicted molar refractivity (Wildman–Crippen MR) is 202 cm³/mol. The number of aliphatic hydroxyl groups excluding tert-OH is 2. The minimum Gasteiger partial charge on any atom is -0.456 e. The number of carbonyl (C=O) groups excluding carboxylic acids is 5. The summed E-state index contributed by atoms with van der Waals surface area (Å²) in [5, 5.41) is 39.9. The molecule has 2 aromatic rings. The van der Waals surface area contributed by atoms with E-state index in [2.05, 4.69) is 5.32 Å². The van der Waals surface area contributed by atoms with E-state index >= 15 is 4.79 Å². The molecule has 3 aliphatic carbocycles. The summed E-state index contributed by atoms with van der Waals surface area (Å²) in [4.78, 5) is 69.2. The van der Waals surface area contributed by atoms with Crippen molar-refractivity contribution in [3.63, 3.8) is 0 Å². The predicted octanol–water partition coefficient (Wildman–Crippen LogP) is 3.28. The number of ketones is 1. The maximum absolute atomic E-state index is 15.1. The Balaban J connectivity index is 1.34. The van der Waals surface area contributed by atoms with E-state index in [0.29, 0.717) is 5.56 Å². The summed E-state index contributed by atoms with van der Waals surface area (Å²) in [6.45, 7) is 12.2. The van der Waals surface area contributed by atoms with Crippen LogP contribution in [-0.4, -0.2) is 111 Å². The highest BCUT2D eigenvalue weighted by Gasteiger charge is 2.84. The summed E-state index contributed by atoms with van der Waals surface area (Å²) in [5.41, 5.74) is -7.45. The van der Waals surface area contributed by atoms with Gasteiger partial charge in [-0.2, -0.15) is 0 Å². The van der Waals surface area contributed by atoms with Gasteiger partial charge >= 0.3 is 24.0 Å². The third kappa shape index (κ3) is 6.51. The van der Waals surface area contributed by atoms with Gasteiger partial charge in [-0.05, 0) is 63.5 Å². The summed E-state index contributed by atoms with van der Waals surface area (Å²) >= 11 is 0. The average molecular weight is 806 g/mol. The summed E-state index contributed by atoms with van der Waals surface area (Å²) in [6, 6.07) is 14.8. The number of amides is 1. The first-order valence-electron chi connectivity index (χ1n) is 19.4. The van der Waals surface area contributed by atoms with Crippen LogP contribution in [-0.2, 0) is 42.8 Å². The fourth-order valence-electron chi connectivity index (χ4n) is 9.95. The molecule has 0 radical (unpaired) electrons. The molecule has 15 heteroatoms. The lowest BCUT2D eigenvalue weighted by Gasteiger charge is -2.65. The van der Waals surface area contributed by atoms with Crippen LogP contribution in [0.5, 0.6) is 0 Å². The van der Waals surface area contributed by atoms with Crippen LogP contribution in [0.25, 0.3) is 0 Å². The van der Waals surface area contributed by atoms with Crippen LogP contribution in [0.3, 0.4) is 0 Å². The third-order valence-corrected chi connectivity index (χ3v) is 12.8. The molecule has 58 heavy (non-hydrogen) atoms. The Kier molecular flexibility index (Phi) is 10.2. The van der Waals surface area contributed by atoms with Gasteiger partial charge in [-0.1, -0.05) is 62.4 Å². The quantitative estimate of drug-likeness (QED) is 0.130. The largest absolute Gasteiger partial charge is 0.456 e.